The first-order chi connectivity index (χ1) is 16.0. The average Bonchev–Trinajstić information content (AvgIpc) is 2.82. The summed E-state index contributed by atoms with van der Waals surface area (Å²) in [4.78, 5) is 21.1. The molecule has 3 aromatic rings. The van der Waals surface area contributed by atoms with Crippen LogP contribution in [0.3, 0.4) is 0 Å². The van der Waals surface area contributed by atoms with E-state index in [4.69, 9.17) is 4.74 Å². The fourth-order valence-electron chi connectivity index (χ4n) is 3.89. The zero-order valence-corrected chi connectivity index (χ0v) is 19.0. The summed E-state index contributed by atoms with van der Waals surface area (Å²) in [5, 5.41) is 3.46. The standard InChI is InChI=1S/C26H29FN4O2/c1-19-17-31(14-13-28-19)18-20-7-10-22(11-8-20)30(2)26(32)15-21-9-12-25(29-16-21)33-24-6-4-3-5-23(24)27/h3-12,16,19,28H,13-15,17-18H2,1-2H3/t19-/m0/s1. The van der Waals surface area contributed by atoms with Crippen LogP contribution in [0.15, 0.2) is 66.9 Å². The second kappa shape index (κ2) is 10.6. The van der Waals surface area contributed by atoms with Crippen LogP contribution in [-0.2, 0) is 17.8 Å². The van der Waals surface area contributed by atoms with Crippen molar-refractivity contribution in [2.45, 2.75) is 25.9 Å². The Labute approximate surface area is 194 Å². The number of benzene rings is 2. The summed E-state index contributed by atoms with van der Waals surface area (Å²) in [6.45, 7) is 6.22. The minimum atomic E-state index is -0.450. The van der Waals surface area contributed by atoms with Gasteiger partial charge in [0.15, 0.2) is 11.6 Å². The van der Waals surface area contributed by atoms with Gasteiger partial charge in [-0.15, -0.1) is 0 Å². The van der Waals surface area contributed by atoms with E-state index in [1.54, 1.807) is 48.5 Å². The van der Waals surface area contributed by atoms with Gasteiger partial charge in [-0.1, -0.05) is 30.3 Å². The fraction of sp³-hybridized carbons (Fsp3) is 0.308. The van der Waals surface area contributed by atoms with Gasteiger partial charge in [-0.05, 0) is 42.3 Å². The minimum Gasteiger partial charge on any atom is -0.436 e. The number of amides is 1. The Bertz CT molecular complexity index is 1070. The van der Waals surface area contributed by atoms with Crippen LogP contribution in [-0.4, -0.2) is 48.5 Å². The molecule has 172 valence electrons. The van der Waals surface area contributed by atoms with Gasteiger partial charge in [0.05, 0.1) is 6.42 Å². The van der Waals surface area contributed by atoms with Crippen LogP contribution in [0.5, 0.6) is 11.6 Å². The van der Waals surface area contributed by atoms with Crippen LogP contribution in [0.2, 0.25) is 0 Å². The van der Waals surface area contributed by atoms with Crippen molar-refractivity contribution in [2.24, 2.45) is 0 Å². The van der Waals surface area contributed by atoms with E-state index < -0.39 is 5.82 Å². The first kappa shape index (κ1) is 22.9. The molecule has 0 spiro atoms. The van der Waals surface area contributed by atoms with Crippen LogP contribution in [0.1, 0.15) is 18.1 Å². The smallest absolute Gasteiger partial charge is 0.231 e. The molecule has 0 radical (unpaired) electrons. The molecule has 1 fully saturated rings. The average molecular weight is 449 g/mol. The first-order valence-electron chi connectivity index (χ1n) is 11.2. The number of hydrogen-bond acceptors (Lipinski definition) is 5. The van der Waals surface area contributed by atoms with Gasteiger partial charge in [0.1, 0.15) is 0 Å². The van der Waals surface area contributed by atoms with E-state index in [1.807, 2.05) is 12.1 Å². The number of carbonyl (C=O) groups is 1. The lowest BCUT2D eigenvalue weighted by molar-refractivity contribution is -0.117. The Hall–Kier alpha value is -3.29. The summed E-state index contributed by atoms with van der Waals surface area (Å²) in [6, 6.07) is 18.2. The Morgan fingerprint density at radius 2 is 1.91 bits per heavy atom. The Morgan fingerprint density at radius 1 is 1.15 bits per heavy atom. The first-order valence-corrected chi connectivity index (χ1v) is 11.2. The molecule has 1 aromatic heterocycles. The maximum atomic E-state index is 13.7. The quantitative estimate of drug-likeness (QED) is 0.592. The Kier molecular flexibility index (Phi) is 7.32. The van der Waals surface area contributed by atoms with Gasteiger partial charge in [-0.3, -0.25) is 9.69 Å². The lowest BCUT2D eigenvalue weighted by Crippen LogP contribution is -2.48. The molecule has 33 heavy (non-hydrogen) atoms. The SMILES string of the molecule is C[C@H]1CN(Cc2ccc(N(C)C(=O)Cc3ccc(Oc4ccccc4F)nc3)cc2)CCN1. The monoisotopic (exact) mass is 448 g/mol. The molecule has 6 nitrogen and oxygen atoms in total. The van der Waals surface area contributed by atoms with E-state index in [-0.39, 0.29) is 24.0 Å². The van der Waals surface area contributed by atoms with Crippen molar-refractivity contribution in [1.29, 1.82) is 0 Å². The number of para-hydroxylation sites is 1. The summed E-state index contributed by atoms with van der Waals surface area (Å²) in [5.74, 6) is -0.0976. The van der Waals surface area contributed by atoms with Crippen LogP contribution < -0.4 is 15.0 Å². The molecule has 0 aliphatic carbocycles. The third kappa shape index (κ3) is 6.15. The normalized spacial score (nSPS) is 16.4. The minimum absolute atomic E-state index is 0.0387. The van der Waals surface area contributed by atoms with E-state index in [1.165, 1.54) is 11.6 Å². The molecule has 2 aromatic carbocycles. The van der Waals surface area contributed by atoms with Crippen molar-refractivity contribution in [3.05, 3.63) is 83.8 Å². The molecule has 1 atom stereocenters. The van der Waals surface area contributed by atoms with E-state index in [0.717, 1.165) is 37.4 Å². The van der Waals surface area contributed by atoms with Crippen LogP contribution in [0.25, 0.3) is 0 Å². The lowest BCUT2D eigenvalue weighted by Gasteiger charge is -2.31. The van der Waals surface area contributed by atoms with E-state index >= 15 is 0 Å². The van der Waals surface area contributed by atoms with Crippen LogP contribution in [0, 0.1) is 5.82 Å². The van der Waals surface area contributed by atoms with Crippen molar-refractivity contribution in [3.63, 3.8) is 0 Å². The topological polar surface area (TPSA) is 57.7 Å². The zero-order chi connectivity index (χ0) is 23.2. The number of carbonyl (C=O) groups excluding carboxylic acids is 1. The number of pyridine rings is 1. The number of halogens is 1. The van der Waals surface area contributed by atoms with Gasteiger partial charge in [0.25, 0.3) is 0 Å². The highest BCUT2D eigenvalue weighted by Crippen LogP contribution is 2.23. The van der Waals surface area contributed by atoms with Gasteiger partial charge in [-0.2, -0.15) is 0 Å². The second-order valence-corrected chi connectivity index (χ2v) is 8.42. The van der Waals surface area contributed by atoms with Gasteiger partial charge in [0, 0.05) is 57.2 Å². The number of piperazine rings is 1. The summed E-state index contributed by atoms with van der Waals surface area (Å²) < 4.78 is 19.2. The predicted molar refractivity (Wildman–Crippen MR) is 127 cm³/mol. The van der Waals surface area contributed by atoms with Crippen molar-refractivity contribution in [1.82, 2.24) is 15.2 Å². The zero-order valence-electron chi connectivity index (χ0n) is 19.0. The maximum Gasteiger partial charge on any atom is 0.231 e. The number of ether oxygens (including phenoxy) is 1. The van der Waals surface area contributed by atoms with Crippen LogP contribution >= 0.6 is 0 Å². The highest BCUT2D eigenvalue weighted by atomic mass is 19.1. The summed E-state index contributed by atoms with van der Waals surface area (Å²) in [6.07, 6.45) is 1.80. The highest BCUT2D eigenvalue weighted by Gasteiger charge is 2.16. The second-order valence-electron chi connectivity index (χ2n) is 8.42. The molecule has 1 amide bonds. The number of hydrogen-bond donors (Lipinski definition) is 1. The summed E-state index contributed by atoms with van der Waals surface area (Å²) >= 11 is 0. The van der Waals surface area contributed by atoms with E-state index in [9.17, 15) is 9.18 Å². The molecule has 1 N–H and O–H groups in total. The lowest BCUT2D eigenvalue weighted by atomic mass is 10.1. The fourth-order valence-corrected chi connectivity index (χ4v) is 3.89. The van der Waals surface area contributed by atoms with Crippen molar-refractivity contribution >= 4 is 11.6 Å². The molecule has 1 aliphatic rings. The molecule has 1 saturated heterocycles. The molecular weight excluding hydrogens is 419 g/mol. The highest BCUT2D eigenvalue weighted by molar-refractivity contribution is 5.94. The molecule has 0 saturated carbocycles. The van der Waals surface area contributed by atoms with Crippen molar-refractivity contribution < 1.29 is 13.9 Å². The number of aromatic nitrogens is 1. The Morgan fingerprint density at radius 3 is 2.61 bits per heavy atom. The largest absolute Gasteiger partial charge is 0.436 e. The Balaban J connectivity index is 1.32. The third-order valence-corrected chi connectivity index (χ3v) is 5.76. The van der Waals surface area contributed by atoms with Crippen molar-refractivity contribution in [2.75, 3.05) is 31.6 Å². The van der Waals surface area contributed by atoms with E-state index in [0.29, 0.717) is 6.04 Å². The van der Waals surface area contributed by atoms with Gasteiger partial charge in [0.2, 0.25) is 11.8 Å². The number of nitrogens with one attached hydrogen (secondary N) is 1. The summed E-state index contributed by atoms with van der Waals surface area (Å²) in [5.41, 5.74) is 2.85. The summed E-state index contributed by atoms with van der Waals surface area (Å²) in [7, 11) is 1.78. The molecule has 0 unspecified atom stereocenters. The number of likely N-dealkylation sites (N-methyl/N-ethyl adjacent to an activating group) is 1. The van der Waals surface area contributed by atoms with Crippen molar-refractivity contribution in [3.8, 4) is 11.6 Å². The number of rotatable bonds is 7. The van der Waals surface area contributed by atoms with Gasteiger partial charge in [-0.25, -0.2) is 9.37 Å². The third-order valence-electron chi connectivity index (χ3n) is 5.76. The maximum absolute atomic E-state index is 13.7. The van der Waals surface area contributed by atoms with Gasteiger partial charge >= 0.3 is 0 Å². The molecule has 4 rings (SSSR count). The predicted octanol–water partition coefficient (Wildman–Crippen LogP) is 4.01. The molecular formula is C26H29FN4O2. The van der Waals surface area contributed by atoms with Gasteiger partial charge < -0.3 is 15.0 Å². The van der Waals surface area contributed by atoms with E-state index in [2.05, 4.69) is 34.3 Å². The molecule has 0 bridgehead atoms. The number of anilines is 1. The molecule has 7 heteroatoms. The molecule has 1 aliphatic heterocycles. The van der Waals surface area contributed by atoms with Crippen LogP contribution in [0.4, 0.5) is 10.1 Å². The molecule has 2 heterocycles. The number of nitrogens with zero attached hydrogens (tertiary/aromatic N) is 3.